The van der Waals surface area contributed by atoms with Gasteiger partial charge in [0, 0.05) is 5.41 Å². The fourth-order valence-electron chi connectivity index (χ4n) is 3.03. The van der Waals surface area contributed by atoms with Gasteiger partial charge in [-0.2, -0.15) is 0 Å². The van der Waals surface area contributed by atoms with Crippen molar-refractivity contribution >= 4 is 5.97 Å². The number of carbonyl (C=O) groups is 1. The van der Waals surface area contributed by atoms with E-state index < -0.39 is 5.97 Å². The van der Waals surface area contributed by atoms with Gasteiger partial charge < -0.3 is 9.84 Å². The molecule has 0 radical (unpaired) electrons. The van der Waals surface area contributed by atoms with E-state index >= 15 is 0 Å². The summed E-state index contributed by atoms with van der Waals surface area (Å²) >= 11 is 0. The third-order valence-electron chi connectivity index (χ3n) is 4.14. The number of ether oxygens (including phenoxy) is 1. The molecule has 1 aliphatic rings. The highest BCUT2D eigenvalue weighted by Crippen LogP contribution is 2.54. The van der Waals surface area contributed by atoms with Crippen LogP contribution in [-0.4, -0.2) is 18.2 Å². The molecule has 0 amide bonds. The van der Waals surface area contributed by atoms with Crippen molar-refractivity contribution in [2.45, 2.75) is 45.4 Å². The molecular formula is C15H20O3. The van der Waals surface area contributed by atoms with Crippen LogP contribution in [-0.2, 0) is 10.2 Å². The summed E-state index contributed by atoms with van der Waals surface area (Å²) in [6.07, 6.45) is 2.19. The van der Waals surface area contributed by atoms with Crippen LogP contribution in [0.4, 0.5) is 0 Å². The van der Waals surface area contributed by atoms with Crippen LogP contribution in [0.3, 0.4) is 0 Å². The second kappa shape index (κ2) is 4.30. The Hall–Kier alpha value is -1.51. The van der Waals surface area contributed by atoms with Gasteiger partial charge in [0.1, 0.15) is 5.75 Å². The summed E-state index contributed by atoms with van der Waals surface area (Å²) in [7, 11) is 1.67. The summed E-state index contributed by atoms with van der Waals surface area (Å²) in [6, 6.07) is 2.03. The molecule has 1 fully saturated rings. The highest BCUT2D eigenvalue weighted by atomic mass is 16.5. The minimum absolute atomic E-state index is 0.128. The Morgan fingerprint density at radius 2 is 1.94 bits per heavy atom. The van der Waals surface area contributed by atoms with Gasteiger partial charge >= 0.3 is 5.97 Å². The van der Waals surface area contributed by atoms with Crippen LogP contribution >= 0.6 is 0 Å². The molecule has 1 saturated carbocycles. The normalized spacial score (nSPS) is 16.4. The molecule has 0 bridgehead atoms. The number of hydrogen-bond acceptors (Lipinski definition) is 2. The Bertz CT molecular complexity index is 499. The van der Waals surface area contributed by atoms with Crippen molar-refractivity contribution in [3.8, 4) is 5.75 Å². The van der Waals surface area contributed by atoms with Crippen LogP contribution in [0.1, 0.15) is 41.5 Å². The van der Waals surface area contributed by atoms with Gasteiger partial charge in [-0.05, 0) is 61.9 Å². The molecule has 3 heteroatoms. The average Bonchev–Trinajstić information content (AvgIpc) is 3.03. The zero-order valence-corrected chi connectivity index (χ0v) is 11.5. The monoisotopic (exact) mass is 248 g/mol. The maximum atomic E-state index is 11.0. The molecule has 1 aliphatic carbocycles. The van der Waals surface area contributed by atoms with Gasteiger partial charge in [0.05, 0.1) is 13.5 Å². The summed E-state index contributed by atoms with van der Waals surface area (Å²) < 4.78 is 5.36. The maximum Gasteiger partial charge on any atom is 0.304 e. The molecule has 0 aliphatic heterocycles. The van der Waals surface area contributed by atoms with Gasteiger partial charge in [0.25, 0.3) is 0 Å². The number of hydrogen-bond donors (Lipinski definition) is 1. The van der Waals surface area contributed by atoms with Crippen molar-refractivity contribution in [3.05, 3.63) is 28.3 Å². The van der Waals surface area contributed by atoms with Gasteiger partial charge in [-0.25, -0.2) is 0 Å². The Morgan fingerprint density at radius 3 is 2.39 bits per heavy atom. The minimum atomic E-state index is -0.709. The van der Waals surface area contributed by atoms with E-state index in [9.17, 15) is 4.79 Å². The van der Waals surface area contributed by atoms with Crippen LogP contribution in [0.5, 0.6) is 5.75 Å². The number of carboxylic acids is 1. The summed E-state index contributed by atoms with van der Waals surface area (Å²) in [5, 5.41) is 9.08. The summed E-state index contributed by atoms with van der Waals surface area (Å²) in [5.74, 6) is 0.180. The quantitative estimate of drug-likeness (QED) is 0.890. The molecule has 2 rings (SSSR count). The molecule has 0 heterocycles. The van der Waals surface area contributed by atoms with Crippen molar-refractivity contribution in [1.82, 2.24) is 0 Å². The minimum Gasteiger partial charge on any atom is -0.496 e. The van der Waals surface area contributed by atoms with E-state index in [1.165, 1.54) is 11.1 Å². The lowest BCUT2D eigenvalue weighted by Crippen LogP contribution is -2.16. The maximum absolute atomic E-state index is 11.0. The molecule has 1 N–H and O–H groups in total. The zero-order chi connectivity index (χ0) is 13.5. The van der Waals surface area contributed by atoms with Crippen molar-refractivity contribution in [2.75, 3.05) is 7.11 Å². The number of aryl methyl sites for hydroxylation is 1. The zero-order valence-electron chi connectivity index (χ0n) is 11.5. The third-order valence-corrected chi connectivity index (χ3v) is 4.14. The fourth-order valence-corrected chi connectivity index (χ4v) is 3.03. The molecule has 0 spiro atoms. The second-order valence-corrected chi connectivity index (χ2v) is 5.37. The Morgan fingerprint density at radius 1 is 1.33 bits per heavy atom. The lowest BCUT2D eigenvalue weighted by molar-refractivity contribution is -0.137. The molecule has 18 heavy (non-hydrogen) atoms. The van der Waals surface area contributed by atoms with Crippen molar-refractivity contribution in [1.29, 1.82) is 0 Å². The van der Waals surface area contributed by atoms with Crippen LogP contribution in [0.25, 0.3) is 0 Å². The lowest BCUT2D eigenvalue weighted by atomic mass is 9.83. The fraction of sp³-hybridized carbons (Fsp3) is 0.533. The molecule has 3 nitrogen and oxygen atoms in total. The number of benzene rings is 1. The first-order valence-electron chi connectivity index (χ1n) is 6.28. The van der Waals surface area contributed by atoms with E-state index in [1.54, 1.807) is 7.11 Å². The Labute approximate surface area is 108 Å². The largest absolute Gasteiger partial charge is 0.496 e. The van der Waals surface area contributed by atoms with E-state index in [4.69, 9.17) is 9.84 Å². The summed E-state index contributed by atoms with van der Waals surface area (Å²) in [5.41, 5.74) is 4.55. The van der Waals surface area contributed by atoms with Crippen molar-refractivity contribution < 1.29 is 14.6 Å². The van der Waals surface area contributed by atoms with Gasteiger partial charge in [0.2, 0.25) is 0 Å². The first kappa shape index (κ1) is 12.9. The highest BCUT2D eigenvalue weighted by molar-refractivity contribution is 5.71. The molecule has 0 saturated heterocycles. The first-order valence-corrected chi connectivity index (χ1v) is 6.28. The van der Waals surface area contributed by atoms with Gasteiger partial charge in [0.15, 0.2) is 0 Å². The van der Waals surface area contributed by atoms with E-state index in [1.807, 2.05) is 19.9 Å². The van der Waals surface area contributed by atoms with E-state index in [0.717, 1.165) is 29.7 Å². The van der Waals surface area contributed by atoms with Gasteiger partial charge in [-0.3, -0.25) is 4.79 Å². The van der Waals surface area contributed by atoms with Crippen LogP contribution < -0.4 is 4.74 Å². The van der Waals surface area contributed by atoms with E-state index in [2.05, 4.69) is 6.92 Å². The summed E-state index contributed by atoms with van der Waals surface area (Å²) in [6.45, 7) is 6.16. The SMILES string of the molecule is COc1cc(C)c(C2(CC(=O)O)CC2)c(C)c1C. The predicted octanol–water partition coefficient (Wildman–Crippen LogP) is 3.13. The standard InChI is InChI=1S/C15H20O3/c1-9-7-12(18-4)10(2)11(3)14(9)15(5-6-15)8-13(16)17/h7H,5-6,8H2,1-4H3,(H,16,17). The van der Waals surface area contributed by atoms with E-state index in [0.29, 0.717) is 0 Å². The molecule has 1 aromatic carbocycles. The number of carboxylic acid groups (broad SMARTS) is 1. The van der Waals surface area contributed by atoms with E-state index in [-0.39, 0.29) is 11.8 Å². The van der Waals surface area contributed by atoms with Crippen molar-refractivity contribution in [3.63, 3.8) is 0 Å². The molecule has 98 valence electrons. The predicted molar refractivity (Wildman–Crippen MR) is 70.4 cm³/mol. The number of aliphatic carboxylic acids is 1. The second-order valence-electron chi connectivity index (χ2n) is 5.37. The molecule has 0 aromatic heterocycles. The van der Waals surface area contributed by atoms with Crippen LogP contribution in [0.2, 0.25) is 0 Å². The first-order chi connectivity index (χ1) is 8.41. The van der Waals surface area contributed by atoms with Crippen LogP contribution in [0.15, 0.2) is 6.07 Å². The van der Waals surface area contributed by atoms with Crippen molar-refractivity contribution in [2.24, 2.45) is 0 Å². The third kappa shape index (κ3) is 1.98. The molecule has 1 aromatic rings. The van der Waals surface area contributed by atoms with Crippen LogP contribution in [0, 0.1) is 20.8 Å². The van der Waals surface area contributed by atoms with Gasteiger partial charge in [-0.15, -0.1) is 0 Å². The smallest absolute Gasteiger partial charge is 0.304 e. The molecule has 0 atom stereocenters. The average molecular weight is 248 g/mol. The molecule has 0 unspecified atom stereocenters. The number of rotatable bonds is 4. The summed E-state index contributed by atoms with van der Waals surface area (Å²) in [4.78, 5) is 11.0. The number of methoxy groups -OCH3 is 1. The lowest BCUT2D eigenvalue weighted by Gasteiger charge is -2.22. The highest BCUT2D eigenvalue weighted by Gasteiger charge is 2.47. The van der Waals surface area contributed by atoms with Gasteiger partial charge in [-0.1, -0.05) is 0 Å². The Kier molecular flexibility index (Phi) is 3.09. The topological polar surface area (TPSA) is 46.5 Å². The molecular weight excluding hydrogens is 228 g/mol. The Balaban J connectivity index is 2.52.